The summed E-state index contributed by atoms with van der Waals surface area (Å²) in [5.74, 6) is 0.235. The van der Waals surface area contributed by atoms with Crippen molar-refractivity contribution in [3.05, 3.63) is 99.0 Å². The van der Waals surface area contributed by atoms with Gasteiger partial charge in [0.2, 0.25) is 0 Å². The second-order valence-corrected chi connectivity index (χ2v) is 10.3. The van der Waals surface area contributed by atoms with Crippen molar-refractivity contribution < 1.29 is 4.79 Å². The molecule has 2 aromatic carbocycles. The van der Waals surface area contributed by atoms with Crippen molar-refractivity contribution in [2.24, 2.45) is 0 Å². The normalized spacial score (nSPS) is 11.4. The predicted molar refractivity (Wildman–Crippen MR) is 140 cm³/mol. The molecule has 0 fully saturated rings. The fourth-order valence-electron chi connectivity index (χ4n) is 4.03. The molecule has 0 saturated heterocycles. The van der Waals surface area contributed by atoms with Gasteiger partial charge in [0, 0.05) is 17.1 Å². The second-order valence-electron chi connectivity index (χ2n) is 8.37. The Balaban J connectivity index is 1.57. The maximum atomic E-state index is 13.6. The van der Waals surface area contributed by atoms with Crippen LogP contribution in [-0.2, 0) is 6.54 Å². The van der Waals surface area contributed by atoms with Crippen molar-refractivity contribution in [2.75, 3.05) is 5.75 Å². The Bertz CT molecular complexity index is 1600. The third-order valence-corrected chi connectivity index (χ3v) is 8.04. The summed E-state index contributed by atoms with van der Waals surface area (Å²) in [6.45, 7) is 6.42. The van der Waals surface area contributed by atoms with Gasteiger partial charge in [-0.25, -0.2) is 9.97 Å². The average molecular weight is 486 g/mol. The van der Waals surface area contributed by atoms with Crippen LogP contribution >= 0.6 is 23.1 Å². The zero-order chi connectivity index (χ0) is 23.8. The molecule has 0 atom stereocenters. The number of nitrogens with zero attached hydrogens (tertiary/aromatic N) is 3. The molecule has 0 aliphatic heterocycles. The maximum Gasteiger partial charge on any atom is 0.272 e. The summed E-state index contributed by atoms with van der Waals surface area (Å²) < 4.78 is 2.27. The lowest BCUT2D eigenvalue weighted by Crippen LogP contribution is -2.23. The van der Waals surface area contributed by atoms with Gasteiger partial charge in [-0.1, -0.05) is 48.2 Å². The molecule has 0 bridgehead atoms. The highest BCUT2D eigenvalue weighted by Gasteiger charge is 2.19. The Morgan fingerprint density at radius 3 is 2.56 bits per heavy atom. The molecule has 3 heterocycles. The van der Waals surface area contributed by atoms with Gasteiger partial charge in [-0.3, -0.25) is 14.2 Å². The smallest absolute Gasteiger partial charge is 0.272 e. The molecule has 7 heteroatoms. The molecule has 0 aliphatic rings. The van der Waals surface area contributed by atoms with E-state index in [-0.39, 0.29) is 17.1 Å². The Labute approximate surface area is 205 Å². The fourth-order valence-corrected chi connectivity index (χ4v) is 5.93. The number of Topliss-reactive ketones (excluding diaryl/α,β-unsaturated/α-hetero) is 1. The lowest BCUT2D eigenvalue weighted by Gasteiger charge is -2.13. The molecule has 0 saturated carbocycles. The minimum atomic E-state index is -0.103. The standard InChI is InChI=1S/C27H23N3O2S2/c1-16-12-18(3)21(13-17(16)2)22(31)15-33-27-29-23-20-10-7-11-28-25(20)34-24(23)26(32)30(27)14-19-8-5-4-6-9-19/h4-13H,14-15H2,1-3H3. The average Bonchev–Trinajstić information content (AvgIpc) is 3.21. The molecule has 3 aromatic heterocycles. The van der Waals surface area contributed by atoms with Crippen LogP contribution in [-0.4, -0.2) is 26.1 Å². The van der Waals surface area contributed by atoms with Crippen molar-refractivity contribution in [1.29, 1.82) is 0 Å². The number of aromatic nitrogens is 3. The zero-order valence-electron chi connectivity index (χ0n) is 19.2. The van der Waals surface area contributed by atoms with Crippen molar-refractivity contribution in [1.82, 2.24) is 14.5 Å². The van der Waals surface area contributed by atoms with Crippen molar-refractivity contribution in [3.63, 3.8) is 0 Å². The molecule has 0 radical (unpaired) electrons. The maximum absolute atomic E-state index is 13.6. The Hall–Kier alpha value is -3.29. The first-order chi connectivity index (χ1) is 16.4. The van der Waals surface area contributed by atoms with Crippen LogP contribution < -0.4 is 5.56 Å². The van der Waals surface area contributed by atoms with Crippen molar-refractivity contribution in [3.8, 4) is 0 Å². The highest BCUT2D eigenvalue weighted by atomic mass is 32.2. The van der Waals surface area contributed by atoms with Gasteiger partial charge in [-0.05, 0) is 61.2 Å². The van der Waals surface area contributed by atoms with Crippen LogP contribution in [0.4, 0.5) is 0 Å². The van der Waals surface area contributed by atoms with Crippen LogP contribution in [0.5, 0.6) is 0 Å². The summed E-state index contributed by atoms with van der Waals surface area (Å²) in [4.78, 5) is 36.8. The van der Waals surface area contributed by atoms with Gasteiger partial charge >= 0.3 is 0 Å². The molecule has 5 rings (SSSR count). The number of carbonyl (C=O) groups is 1. The Kier molecular flexibility index (Phi) is 6.06. The topological polar surface area (TPSA) is 64.8 Å². The van der Waals surface area contributed by atoms with E-state index in [9.17, 15) is 9.59 Å². The van der Waals surface area contributed by atoms with Crippen molar-refractivity contribution >= 4 is 49.3 Å². The van der Waals surface area contributed by atoms with E-state index in [4.69, 9.17) is 4.98 Å². The largest absolute Gasteiger partial charge is 0.293 e. The number of thioether (sulfide) groups is 1. The quantitative estimate of drug-likeness (QED) is 0.169. The van der Waals surface area contributed by atoms with Gasteiger partial charge in [-0.15, -0.1) is 11.3 Å². The molecular formula is C27H23N3O2S2. The Morgan fingerprint density at radius 1 is 1.00 bits per heavy atom. The molecule has 0 unspecified atom stereocenters. The summed E-state index contributed by atoms with van der Waals surface area (Å²) in [6, 6.07) is 17.6. The molecule has 170 valence electrons. The number of thiophene rings is 1. The zero-order valence-corrected chi connectivity index (χ0v) is 20.8. The molecule has 0 aliphatic carbocycles. The first kappa shape index (κ1) is 22.5. The number of rotatable bonds is 6. The highest BCUT2D eigenvalue weighted by Crippen LogP contribution is 2.31. The number of benzene rings is 2. The third-order valence-electron chi connectivity index (χ3n) is 5.97. The molecule has 34 heavy (non-hydrogen) atoms. The van der Waals surface area contributed by atoms with Crippen LogP contribution in [0, 0.1) is 20.8 Å². The molecule has 5 aromatic rings. The van der Waals surface area contributed by atoms with Crippen LogP contribution in [0.3, 0.4) is 0 Å². The first-order valence-electron chi connectivity index (χ1n) is 11.0. The molecule has 0 amide bonds. The number of hydrogen-bond acceptors (Lipinski definition) is 6. The highest BCUT2D eigenvalue weighted by molar-refractivity contribution is 7.99. The summed E-state index contributed by atoms with van der Waals surface area (Å²) in [7, 11) is 0. The number of hydrogen-bond donors (Lipinski definition) is 0. The van der Waals surface area contributed by atoms with Crippen LogP contribution in [0.1, 0.15) is 32.6 Å². The van der Waals surface area contributed by atoms with E-state index in [0.717, 1.165) is 32.5 Å². The van der Waals surface area contributed by atoms with Crippen LogP contribution in [0.2, 0.25) is 0 Å². The van der Waals surface area contributed by atoms with Gasteiger partial charge in [-0.2, -0.15) is 0 Å². The van der Waals surface area contributed by atoms with E-state index in [2.05, 4.69) is 4.98 Å². The number of ketones is 1. The molecule has 5 nitrogen and oxygen atoms in total. The number of carbonyl (C=O) groups excluding carboxylic acids is 1. The van der Waals surface area contributed by atoms with Crippen LogP contribution in [0.25, 0.3) is 20.4 Å². The SMILES string of the molecule is Cc1cc(C)c(C(=O)CSc2nc3c(sc4ncccc43)c(=O)n2Cc2ccccc2)cc1C. The number of aryl methyl sites for hydroxylation is 3. The summed E-state index contributed by atoms with van der Waals surface area (Å²) in [5.41, 5.74) is 5.50. The van der Waals surface area contributed by atoms with E-state index in [0.29, 0.717) is 21.9 Å². The van der Waals surface area contributed by atoms with Gasteiger partial charge in [0.25, 0.3) is 5.56 Å². The lowest BCUT2D eigenvalue weighted by atomic mass is 9.99. The number of pyridine rings is 1. The summed E-state index contributed by atoms with van der Waals surface area (Å²) in [5, 5.41) is 1.41. The van der Waals surface area contributed by atoms with E-state index in [1.54, 1.807) is 10.8 Å². The van der Waals surface area contributed by atoms with Gasteiger partial charge in [0.15, 0.2) is 10.9 Å². The summed E-state index contributed by atoms with van der Waals surface area (Å²) >= 11 is 2.68. The van der Waals surface area contributed by atoms with E-state index in [1.807, 2.05) is 75.4 Å². The minimum Gasteiger partial charge on any atom is -0.293 e. The molecular weight excluding hydrogens is 462 g/mol. The molecule has 0 spiro atoms. The van der Waals surface area contributed by atoms with Crippen LogP contribution in [0.15, 0.2) is 70.7 Å². The minimum absolute atomic E-state index is 0.0306. The number of fused-ring (bicyclic) bond motifs is 3. The Morgan fingerprint density at radius 2 is 1.76 bits per heavy atom. The second kappa shape index (κ2) is 9.16. The van der Waals surface area contributed by atoms with E-state index >= 15 is 0 Å². The monoisotopic (exact) mass is 485 g/mol. The molecule has 0 N–H and O–H groups in total. The van der Waals surface area contributed by atoms with Gasteiger partial charge in [0.05, 0.1) is 17.8 Å². The summed E-state index contributed by atoms with van der Waals surface area (Å²) in [6.07, 6.45) is 1.72. The van der Waals surface area contributed by atoms with E-state index in [1.165, 1.54) is 28.7 Å². The van der Waals surface area contributed by atoms with Crippen molar-refractivity contribution in [2.45, 2.75) is 32.5 Å². The fraction of sp³-hybridized carbons (Fsp3) is 0.185. The lowest BCUT2D eigenvalue weighted by molar-refractivity contribution is 0.102. The third kappa shape index (κ3) is 4.17. The first-order valence-corrected chi connectivity index (χ1v) is 12.8. The van der Waals surface area contributed by atoms with Gasteiger partial charge < -0.3 is 0 Å². The van der Waals surface area contributed by atoms with Gasteiger partial charge in [0.1, 0.15) is 9.53 Å². The predicted octanol–water partition coefficient (Wildman–Crippen LogP) is 5.95. The van der Waals surface area contributed by atoms with E-state index < -0.39 is 0 Å².